The normalized spacial score (nSPS) is 25.1. The van der Waals surface area contributed by atoms with Gasteiger partial charge in [0.1, 0.15) is 0 Å². The minimum atomic E-state index is -0.763. The molecule has 4 heteroatoms. The SMILES string of the molecule is CC(C)C1OCC(C/C=C\CCC(=O)O)C(c2ccccc2)O1. The molecule has 1 aromatic rings. The smallest absolute Gasteiger partial charge is 0.303 e. The van der Waals surface area contributed by atoms with Crippen molar-refractivity contribution < 1.29 is 19.4 Å². The molecule has 0 spiro atoms. The van der Waals surface area contributed by atoms with E-state index in [4.69, 9.17) is 14.6 Å². The Kier molecular flexibility index (Phi) is 6.81. The molecule has 1 aliphatic heterocycles. The molecule has 0 radical (unpaired) electrons. The zero-order valence-corrected chi connectivity index (χ0v) is 13.9. The van der Waals surface area contributed by atoms with Crippen LogP contribution in [0.1, 0.15) is 44.8 Å². The molecule has 1 aromatic carbocycles. The van der Waals surface area contributed by atoms with Gasteiger partial charge in [0.25, 0.3) is 0 Å². The molecular weight excluding hydrogens is 292 g/mol. The Balaban J connectivity index is 2.00. The van der Waals surface area contributed by atoms with Crippen LogP contribution < -0.4 is 0 Å². The third-order valence-corrected chi connectivity index (χ3v) is 3.99. The lowest BCUT2D eigenvalue weighted by Gasteiger charge is -2.38. The van der Waals surface area contributed by atoms with Gasteiger partial charge in [-0.15, -0.1) is 0 Å². The summed E-state index contributed by atoms with van der Waals surface area (Å²) in [6, 6.07) is 10.2. The van der Waals surface area contributed by atoms with Gasteiger partial charge in [0.15, 0.2) is 6.29 Å². The van der Waals surface area contributed by atoms with Gasteiger partial charge >= 0.3 is 5.97 Å². The van der Waals surface area contributed by atoms with Crippen LogP contribution in [0.3, 0.4) is 0 Å². The number of hydrogen-bond acceptors (Lipinski definition) is 3. The van der Waals surface area contributed by atoms with Crippen LogP contribution in [0.25, 0.3) is 0 Å². The summed E-state index contributed by atoms with van der Waals surface area (Å²) >= 11 is 0. The molecule has 1 N–H and O–H groups in total. The summed E-state index contributed by atoms with van der Waals surface area (Å²) in [6.45, 7) is 4.85. The first-order valence-electron chi connectivity index (χ1n) is 8.26. The Bertz CT molecular complexity index is 509. The maximum Gasteiger partial charge on any atom is 0.303 e. The zero-order valence-electron chi connectivity index (χ0n) is 13.9. The van der Waals surface area contributed by atoms with E-state index in [9.17, 15) is 4.79 Å². The van der Waals surface area contributed by atoms with E-state index in [2.05, 4.69) is 26.0 Å². The molecule has 1 fully saturated rings. The molecule has 0 aliphatic carbocycles. The Morgan fingerprint density at radius 2 is 2.04 bits per heavy atom. The van der Waals surface area contributed by atoms with Crippen LogP contribution in [-0.4, -0.2) is 24.0 Å². The fraction of sp³-hybridized carbons (Fsp3) is 0.526. The minimum Gasteiger partial charge on any atom is -0.481 e. The molecular formula is C19H26O4. The van der Waals surface area contributed by atoms with Gasteiger partial charge < -0.3 is 14.6 Å². The highest BCUT2D eigenvalue weighted by atomic mass is 16.7. The quantitative estimate of drug-likeness (QED) is 0.766. The molecule has 23 heavy (non-hydrogen) atoms. The first-order chi connectivity index (χ1) is 11.1. The highest BCUT2D eigenvalue weighted by Gasteiger charge is 2.33. The fourth-order valence-electron chi connectivity index (χ4n) is 2.73. The maximum absolute atomic E-state index is 10.5. The fourth-order valence-corrected chi connectivity index (χ4v) is 2.73. The van der Waals surface area contributed by atoms with E-state index in [0.717, 1.165) is 6.42 Å². The first kappa shape index (κ1) is 17.7. The summed E-state index contributed by atoms with van der Waals surface area (Å²) in [7, 11) is 0. The van der Waals surface area contributed by atoms with Crippen LogP contribution in [0.5, 0.6) is 0 Å². The highest BCUT2D eigenvalue weighted by molar-refractivity contribution is 5.66. The predicted octanol–water partition coefficient (Wildman–Crippen LogP) is 4.18. The van der Waals surface area contributed by atoms with E-state index in [-0.39, 0.29) is 24.7 Å². The van der Waals surface area contributed by atoms with Crippen molar-refractivity contribution in [2.75, 3.05) is 6.61 Å². The lowest BCUT2D eigenvalue weighted by Crippen LogP contribution is -2.37. The molecule has 3 atom stereocenters. The maximum atomic E-state index is 10.5. The molecule has 0 aromatic heterocycles. The van der Waals surface area contributed by atoms with Crippen LogP contribution in [0.4, 0.5) is 0 Å². The van der Waals surface area contributed by atoms with Crippen LogP contribution in [0.15, 0.2) is 42.5 Å². The van der Waals surface area contributed by atoms with Crippen molar-refractivity contribution in [1.82, 2.24) is 0 Å². The van der Waals surface area contributed by atoms with Crippen LogP contribution >= 0.6 is 0 Å². The van der Waals surface area contributed by atoms with Crippen LogP contribution in [0, 0.1) is 11.8 Å². The van der Waals surface area contributed by atoms with Crippen molar-refractivity contribution in [3.8, 4) is 0 Å². The van der Waals surface area contributed by atoms with Gasteiger partial charge in [-0.3, -0.25) is 4.79 Å². The number of hydrogen-bond donors (Lipinski definition) is 1. The summed E-state index contributed by atoms with van der Waals surface area (Å²) in [5, 5.41) is 8.66. The van der Waals surface area contributed by atoms with Crippen molar-refractivity contribution in [2.24, 2.45) is 11.8 Å². The van der Waals surface area contributed by atoms with Crippen LogP contribution in [0.2, 0.25) is 0 Å². The Morgan fingerprint density at radius 1 is 1.30 bits per heavy atom. The Morgan fingerprint density at radius 3 is 2.70 bits per heavy atom. The van der Waals surface area contributed by atoms with E-state index >= 15 is 0 Å². The molecule has 1 saturated heterocycles. The van der Waals surface area contributed by atoms with E-state index in [1.165, 1.54) is 5.56 Å². The molecule has 0 saturated carbocycles. The largest absolute Gasteiger partial charge is 0.481 e. The average molecular weight is 318 g/mol. The molecule has 1 aliphatic rings. The summed E-state index contributed by atoms with van der Waals surface area (Å²) in [5.74, 6) is -0.206. The molecule has 2 rings (SSSR count). The molecule has 1 heterocycles. The minimum absolute atomic E-state index is 0.0153. The lowest BCUT2D eigenvalue weighted by molar-refractivity contribution is -0.255. The summed E-state index contributed by atoms with van der Waals surface area (Å²) in [5.41, 5.74) is 1.17. The highest BCUT2D eigenvalue weighted by Crippen LogP contribution is 2.36. The molecule has 3 unspecified atom stereocenters. The summed E-state index contributed by atoms with van der Waals surface area (Å²) in [6.07, 6.45) is 5.38. The van der Waals surface area contributed by atoms with Crippen molar-refractivity contribution >= 4 is 5.97 Å². The van der Waals surface area contributed by atoms with E-state index in [1.54, 1.807) is 0 Å². The van der Waals surface area contributed by atoms with Gasteiger partial charge in [-0.05, 0) is 18.4 Å². The van der Waals surface area contributed by atoms with Crippen molar-refractivity contribution in [3.63, 3.8) is 0 Å². The molecule has 0 amide bonds. The van der Waals surface area contributed by atoms with E-state index in [1.807, 2.05) is 30.4 Å². The molecule has 4 nitrogen and oxygen atoms in total. The Labute approximate surface area is 138 Å². The predicted molar refractivity (Wildman–Crippen MR) is 89.0 cm³/mol. The lowest BCUT2D eigenvalue weighted by atomic mass is 9.91. The van der Waals surface area contributed by atoms with Gasteiger partial charge in [0.05, 0.1) is 12.7 Å². The third kappa shape index (κ3) is 5.48. The number of ether oxygens (including phenoxy) is 2. The van der Waals surface area contributed by atoms with Crippen molar-refractivity contribution in [1.29, 1.82) is 0 Å². The Hall–Kier alpha value is -1.65. The second-order valence-electron chi connectivity index (χ2n) is 6.31. The number of benzene rings is 1. The zero-order chi connectivity index (χ0) is 16.7. The van der Waals surface area contributed by atoms with Gasteiger partial charge in [0.2, 0.25) is 0 Å². The third-order valence-electron chi connectivity index (χ3n) is 3.99. The number of aliphatic carboxylic acids is 1. The van der Waals surface area contributed by atoms with Gasteiger partial charge in [-0.1, -0.05) is 56.3 Å². The number of carboxylic acid groups (broad SMARTS) is 1. The monoisotopic (exact) mass is 318 g/mol. The second kappa shape index (κ2) is 8.85. The van der Waals surface area contributed by atoms with Gasteiger partial charge in [-0.2, -0.15) is 0 Å². The second-order valence-corrected chi connectivity index (χ2v) is 6.31. The van der Waals surface area contributed by atoms with E-state index < -0.39 is 5.97 Å². The summed E-state index contributed by atoms with van der Waals surface area (Å²) in [4.78, 5) is 10.5. The topological polar surface area (TPSA) is 55.8 Å². The number of rotatable bonds is 7. The summed E-state index contributed by atoms with van der Waals surface area (Å²) < 4.78 is 12.0. The van der Waals surface area contributed by atoms with Crippen molar-refractivity contribution in [2.45, 2.75) is 45.5 Å². The van der Waals surface area contributed by atoms with Gasteiger partial charge in [0, 0.05) is 18.3 Å². The first-order valence-corrected chi connectivity index (χ1v) is 8.26. The number of allylic oxidation sites excluding steroid dienone is 2. The average Bonchev–Trinajstić information content (AvgIpc) is 2.55. The molecule has 126 valence electrons. The number of carbonyl (C=O) groups is 1. The molecule has 0 bridgehead atoms. The van der Waals surface area contributed by atoms with E-state index in [0.29, 0.717) is 18.9 Å². The van der Waals surface area contributed by atoms with Gasteiger partial charge in [-0.25, -0.2) is 0 Å². The van der Waals surface area contributed by atoms with Crippen molar-refractivity contribution in [3.05, 3.63) is 48.0 Å². The van der Waals surface area contributed by atoms with Crippen LogP contribution in [-0.2, 0) is 14.3 Å². The standard InChI is InChI=1S/C19H26O4/c1-14(2)19-22-13-16(11-7-4-8-12-17(20)21)18(23-19)15-9-5-3-6-10-15/h3-7,9-10,14,16,18-19H,8,11-13H2,1-2H3,(H,20,21)/b7-4-. The number of carboxylic acids is 1.